The molecule has 2 aliphatic rings. The van der Waals surface area contributed by atoms with Gasteiger partial charge in [0.25, 0.3) is 0 Å². The van der Waals surface area contributed by atoms with Crippen LogP contribution < -0.4 is 4.74 Å². The zero-order valence-electron chi connectivity index (χ0n) is 24.2. The largest absolute Gasteiger partial charge is 0.487 e. The lowest BCUT2D eigenvalue weighted by atomic mass is 9.90. The molecule has 0 aliphatic carbocycles. The van der Waals surface area contributed by atoms with E-state index < -0.39 is 5.60 Å². The van der Waals surface area contributed by atoms with Crippen LogP contribution in [0.5, 0.6) is 5.75 Å². The maximum Gasteiger partial charge on any atom is 0.131 e. The molecule has 0 saturated carbocycles. The number of hydrogen-bond acceptors (Lipinski definition) is 5. The van der Waals surface area contributed by atoms with Crippen LogP contribution >= 0.6 is 11.6 Å². The highest BCUT2D eigenvalue weighted by Crippen LogP contribution is 2.38. The van der Waals surface area contributed by atoms with Crippen molar-refractivity contribution in [3.63, 3.8) is 0 Å². The van der Waals surface area contributed by atoms with Crippen molar-refractivity contribution < 1.29 is 9.84 Å². The van der Waals surface area contributed by atoms with Gasteiger partial charge in [0.05, 0.1) is 11.3 Å². The van der Waals surface area contributed by atoms with Gasteiger partial charge in [-0.15, -0.1) is 0 Å². The van der Waals surface area contributed by atoms with E-state index in [1.54, 1.807) is 0 Å². The van der Waals surface area contributed by atoms with Gasteiger partial charge in [0.15, 0.2) is 0 Å². The van der Waals surface area contributed by atoms with Crippen molar-refractivity contribution in [2.75, 3.05) is 26.2 Å². The van der Waals surface area contributed by atoms with Gasteiger partial charge >= 0.3 is 0 Å². The highest BCUT2D eigenvalue weighted by Gasteiger charge is 2.28. The molecule has 0 amide bonds. The van der Waals surface area contributed by atoms with E-state index in [4.69, 9.17) is 16.3 Å². The van der Waals surface area contributed by atoms with Gasteiger partial charge < -0.3 is 14.7 Å². The highest BCUT2D eigenvalue weighted by molar-refractivity contribution is 6.30. The van der Waals surface area contributed by atoms with Crippen LogP contribution in [0.25, 0.3) is 5.57 Å². The predicted octanol–water partition coefficient (Wildman–Crippen LogP) is 6.91. The number of halogens is 1. The van der Waals surface area contributed by atoms with Gasteiger partial charge in [0.2, 0.25) is 0 Å². The fourth-order valence-corrected chi connectivity index (χ4v) is 6.02. The van der Waals surface area contributed by atoms with Crippen molar-refractivity contribution in [3.05, 3.63) is 99.8 Å². The molecule has 40 heavy (non-hydrogen) atoms. The molecule has 1 atom stereocenters. The molecule has 1 N–H and O–H groups in total. The van der Waals surface area contributed by atoms with Crippen molar-refractivity contribution >= 4 is 17.2 Å². The highest BCUT2D eigenvalue weighted by atomic mass is 35.5. The fraction of sp³-hybridized carbons (Fsp3) is 0.441. The number of rotatable bonds is 9. The number of benzene rings is 2. The van der Waals surface area contributed by atoms with Gasteiger partial charge in [-0.3, -0.25) is 9.88 Å². The Bertz CT molecular complexity index is 1330. The predicted molar refractivity (Wildman–Crippen MR) is 163 cm³/mol. The summed E-state index contributed by atoms with van der Waals surface area (Å²) in [6.45, 7) is 14.0. The van der Waals surface area contributed by atoms with Crippen LogP contribution in [0.15, 0.2) is 66.9 Å². The second-order valence-electron chi connectivity index (χ2n) is 12.2. The Morgan fingerprint density at radius 1 is 1.15 bits per heavy atom. The maximum absolute atomic E-state index is 10.7. The van der Waals surface area contributed by atoms with Crippen molar-refractivity contribution in [1.82, 2.24) is 14.8 Å². The Morgan fingerprint density at radius 2 is 1.95 bits per heavy atom. The van der Waals surface area contributed by atoms with E-state index in [0.717, 1.165) is 77.9 Å². The summed E-state index contributed by atoms with van der Waals surface area (Å²) in [6.07, 6.45) is 6.30. The van der Waals surface area contributed by atoms with E-state index in [2.05, 4.69) is 59.0 Å². The topological polar surface area (TPSA) is 48.8 Å². The standard InChI is InChI=1S/C34H42ClN3O2/c1-24(2)20-38(21-25-9-12-27(35)13-10-25)28-15-18-37(22-28)17-6-8-29-30-7-5-16-36-32(30)23-40-33-14-11-26(19-31(29)33)34(3,4)39/h5,7-14,16,19,24,28,39H,6,15,17-18,20-23H2,1-4H3/t28-/m1/s1. The van der Waals surface area contributed by atoms with Crippen LogP contribution in [-0.2, 0) is 18.8 Å². The Morgan fingerprint density at radius 3 is 2.70 bits per heavy atom. The first kappa shape index (κ1) is 28.8. The van der Waals surface area contributed by atoms with Crippen molar-refractivity contribution in [3.8, 4) is 5.75 Å². The fourth-order valence-electron chi connectivity index (χ4n) is 5.90. The normalized spacial score (nSPS) is 18.6. The van der Waals surface area contributed by atoms with Crippen molar-refractivity contribution in [2.45, 2.75) is 65.3 Å². The molecule has 0 spiro atoms. The summed E-state index contributed by atoms with van der Waals surface area (Å²) in [7, 11) is 0. The second-order valence-corrected chi connectivity index (χ2v) is 12.6. The lowest BCUT2D eigenvalue weighted by molar-refractivity contribution is 0.0785. The average Bonchev–Trinajstić information content (AvgIpc) is 3.33. The third kappa shape index (κ3) is 6.95. The van der Waals surface area contributed by atoms with E-state index in [1.165, 1.54) is 12.0 Å². The minimum absolute atomic E-state index is 0.440. The first-order chi connectivity index (χ1) is 19.2. The lowest BCUT2D eigenvalue weighted by Crippen LogP contribution is -2.39. The molecule has 6 heteroatoms. The average molecular weight is 560 g/mol. The number of aromatic nitrogens is 1. The first-order valence-electron chi connectivity index (χ1n) is 14.5. The number of pyridine rings is 1. The van der Waals surface area contributed by atoms with Crippen molar-refractivity contribution in [2.24, 2.45) is 5.92 Å². The van der Waals surface area contributed by atoms with E-state index in [9.17, 15) is 5.11 Å². The van der Waals surface area contributed by atoms with Crippen molar-refractivity contribution in [1.29, 1.82) is 0 Å². The third-order valence-corrected chi connectivity index (χ3v) is 8.23. The Hall–Kier alpha value is -2.70. The summed E-state index contributed by atoms with van der Waals surface area (Å²) in [5, 5.41) is 11.5. The summed E-state index contributed by atoms with van der Waals surface area (Å²) in [5.41, 5.74) is 5.49. The molecule has 5 rings (SSSR count). The monoisotopic (exact) mass is 559 g/mol. The molecular formula is C34H42ClN3O2. The summed E-state index contributed by atoms with van der Waals surface area (Å²) < 4.78 is 6.17. The van der Waals surface area contributed by atoms with Gasteiger partial charge in [-0.1, -0.05) is 55.8 Å². The van der Waals surface area contributed by atoms with Gasteiger partial charge in [-0.25, -0.2) is 0 Å². The zero-order chi connectivity index (χ0) is 28.3. The van der Waals surface area contributed by atoms with Crippen LogP contribution in [0.2, 0.25) is 5.02 Å². The van der Waals surface area contributed by atoms with Crippen LogP contribution in [0.1, 0.15) is 68.5 Å². The summed E-state index contributed by atoms with van der Waals surface area (Å²) in [6, 6.07) is 19.0. The lowest BCUT2D eigenvalue weighted by Gasteiger charge is -2.30. The van der Waals surface area contributed by atoms with E-state index in [0.29, 0.717) is 18.6 Å². The van der Waals surface area contributed by atoms with Crippen LogP contribution in [0.4, 0.5) is 0 Å². The molecule has 5 nitrogen and oxygen atoms in total. The number of hydrogen-bond donors (Lipinski definition) is 1. The van der Waals surface area contributed by atoms with Crippen LogP contribution in [0, 0.1) is 5.92 Å². The van der Waals surface area contributed by atoms with Crippen LogP contribution in [-0.4, -0.2) is 52.1 Å². The summed E-state index contributed by atoms with van der Waals surface area (Å²) >= 11 is 6.13. The third-order valence-electron chi connectivity index (χ3n) is 7.98. The quantitative estimate of drug-likeness (QED) is 0.309. The molecule has 1 aromatic heterocycles. The number of nitrogens with zero attached hydrogens (tertiary/aromatic N) is 3. The van der Waals surface area contributed by atoms with E-state index >= 15 is 0 Å². The molecule has 1 fully saturated rings. The maximum atomic E-state index is 10.7. The molecular weight excluding hydrogens is 518 g/mol. The molecule has 3 heterocycles. The number of fused-ring (bicyclic) bond motifs is 2. The second kappa shape index (κ2) is 12.4. The minimum atomic E-state index is -0.928. The van der Waals surface area contributed by atoms with Gasteiger partial charge in [-0.2, -0.15) is 0 Å². The number of ether oxygens (including phenoxy) is 1. The molecule has 0 bridgehead atoms. The minimum Gasteiger partial charge on any atom is -0.487 e. The molecule has 0 unspecified atom stereocenters. The summed E-state index contributed by atoms with van der Waals surface area (Å²) in [5.74, 6) is 1.45. The van der Waals surface area contributed by atoms with Gasteiger partial charge in [0.1, 0.15) is 12.4 Å². The molecule has 2 aromatic carbocycles. The molecule has 212 valence electrons. The Kier molecular flexibility index (Phi) is 8.96. The first-order valence-corrected chi connectivity index (χ1v) is 14.9. The van der Waals surface area contributed by atoms with Gasteiger partial charge in [-0.05, 0) is 86.2 Å². The smallest absolute Gasteiger partial charge is 0.131 e. The number of likely N-dealkylation sites (tertiary alicyclic amines) is 1. The zero-order valence-corrected chi connectivity index (χ0v) is 25.0. The molecule has 2 aliphatic heterocycles. The van der Waals surface area contributed by atoms with E-state index in [-0.39, 0.29) is 0 Å². The summed E-state index contributed by atoms with van der Waals surface area (Å²) in [4.78, 5) is 9.88. The molecule has 3 aromatic rings. The Balaban J connectivity index is 1.32. The molecule has 1 saturated heterocycles. The molecule has 0 radical (unpaired) electrons. The SMILES string of the molecule is CC(C)CN(Cc1ccc(Cl)cc1)[C@@H]1CCN(CCC=C2c3cc(C(C)(C)O)ccc3OCc3ncccc32)C1. The van der Waals surface area contributed by atoms with Crippen LogP contribution in [0.3, 0.4) is 0 Å². The Labute approximate surface area is 244 Å². The van der Waals surface area contributed by atoms with E-state index in [1.807, 2.05) is 50.4 Å². The number of aliphatic hydroxyl groups is 1. The van der Waals surface area contributed by atoms with Gasteiger partial charge in [0, 0.05) is 54.6 Å².